The zero-order valence-corrected chi connectivity index (χ0v) is 17.7. The molecule has 2 aromatic heterocycles. The number of carbonyl (C=O) groups excluding carboxylic acids is 2. The number of amides is 3. The summed E-state index contributed by atoms with van der Waals surface area (Å²) in [6.07, 6.45) is -3.76. The highest BCUT2D eigenvalue weighted by Crippen LogP contribution is 2.31. The smallest absolute Gasteiger partial charge is 0.359 e. The number of nitrogens with one attached hydrogen (secondary N) is 3. The third-order valence-electron chi connectivity index (χ3n) is 4.23. The van der Waals surface area contributed by atoms with Gasteiger partial charge in [-0.1, -0.05) is 25.9 Å². The maximum absolute atomic E-state index is 13.0. The summed E-state index contributed by atoms with van der Waals surface area (Å²) in [5.41, 5.74) is -1.50. The second-order valence-corrected chi connectivity index (χ2v) is 8.00. The Balaban J connectivity index is 1.61. The van der Waals surface area contributed by atoms with Crippen LogP contribution in [0.1, 0.15) is 42.6 Å². The highest BCUT2D eigenvalue weighted by molar-refractivity contribution is 6.05. The van der Waals surface area contributed by atoms with Crippen molar-refractivity contribution in [1.29, 1.82) is 0 Å². The van der Waals surface area contributed by atoms with Gasteiger partial charge in [-0.15, -0.1) is 0 Å². The maximum Gasteiger partial charge on any atom is 0.435 e. The second-order valence-electron chi connectivity index (χ2n) is 8.00. The third-order valence-corrected chi connectivity index (χ3v) is 4.23. The fourth-order valence-electron chi connectivity index (χ4n) is 2.67. The second kappa shape index (κ2) is 8.36. The van der Waals surface area contributed by atoms with Gasteiger partial charge >= 0.3 is 12.2 Å². The minimum atomic E-state index is -4.76. The van der Waals surface area contributed by atoms with E-state index in [2.05, 4.69) is 26.2 Å². The van der Waals surface area contributed by atoms with Crippen LogP contribution >= 0.6 is 0 Å². The molecule has 3 aromatic rings. The lowest BCUT2D eigenvalue weighted by atomic mass is 9.93. The number of benzene rings is 1. The minimum Gasteiger partial charge on any atom is -0.359 e. The largest absolute Gasteiger partial charge is 0.435 e. The lowest BCUT2D eigenvalue weighted by Crippen LogP contribution is -2.20. The van der Waals surface area contributed by atoms with Crippen molar-refractivity contribution in [1.82, 2.24) is 14.9 Å². The van der Waals surface area contributed by atoms with E-state index in [1.54, 1.807) is 6.07 Å². The molecule has 2 heterocycles. The molecule has 1 aromatic carbocycles. The van der Waals surface area contributed by atoms with E-state index < -0.39 is 29.4 Å². The first-order chi connectivity index (χ1) is 14.8. The number of nitrogens with zero attached hydrogens (tertiary/aromatic N) is 3. The van der Waals surface area contributed by atoms with Gasteiger partial charge in [0.1, 0.15) is 5.76 Å². The van der Waals surface area contributed by atoms with Crippen LogP contribution in [0, 0.1) is 0 Å². The molecule has 32 heavy (non-hydrogen) atoms. The Morgan fingerprint density at radius 3 is 2.12 bits per heavy atom. The van der Waals surface area contributed by atoms with E-state index in [0.717, 1.165) is 10.9 Å². The zero-order chi connectivity index (χ0) is 23.7. The highest BCUT2D eigenvalue weighted by Gasteiger charge is 2.39. The van der Waals surface area contributed by atoms with Gasteiger partial charge in [-0.2, -0.15) is 18.3 Å². The number of alkyl halides is 3. The van der Waals surface area contributed by atoms with Gasteiger partial charge in [0.2, 0.25) is 0 Å². The molecule has 0 unspecified atom stereocenters. The molecule has 170 valence electrons. The van der Waals surface area contributed by atoms with Gasteiger partial charge in [-0.25, -0.2) is 4.79 Å². The van der Waals surface area contributed by atoms with E-state index in [0.29, 0.717) is 11.4 Å². The number of hydrogen-bond donors (Lipinski definition) is 3. The first-order valence-electron chi connectivity index (χ1n) is 9.40. The number of hydrogen-bond acceptors (Lipinski definition) is 5. The first-order valence-corrected chi connectivity index (χ1v) is 9.40. The van der Waals surface area contributed by atoms with Gasteiger partial charge in [0, 0.05) is 36.1 Å². The quantitative estimate of drug-likeness (QED) is 0.537. The molecule has 0 saturated heterocycles. The van der Waals surface area contributed by atoms with E-state index >= 15 is 0 Å². The fraction of sp³-hybridized carbons (Fsp3) is 0.300. The Hall–Kier alpha value is -3.83. The first kappa shape index (κ1) is 22.8. The predicted molar refractivity (Wildman–Crippen MR) is 110 cm³/mol. The van der Waals surface area contributed by atoms with Crippen molar-refractivity contribution in [2.75, 3.05) is 16.0 Å². The van der Waals surface area contributed by atoms with Crippen molar-refractivity contribution < 1.29 is 27.3 Å². The lowest BCUT2D eigenvalue weighted by Gasteiger charge is -2.12. The van der Waals surface area contributed by atoms with Gasteiger partial charge in [0.25, 0.3) is 5.91 Å². The summed E-state index contributed by atoms with van der Waals surface area (Å²) in [5.74, 6) is -0.104. The van der Waals surface area contributed by atoms with Gasteiger partial charge in [0.05, 0.1) is 5.56 Å². The number of urea groups is 1. The molecule has 0 radical (unpaired) electrons. The van der Waals surface area contributed by atoms with E-state index in [-0.39, 0.29) is 16.9 Å². The molecule has 0 aliphatic heterocycles. The van der Waals surface area contributed by atoms with Crippen LogP contribution < -0.4 is 16.0 Å². The van der Waals surface area contributed by atoms with Crippen LogP contribution in [0.15, 0.2) is 41.1 Å². The fourth-order valence-corrected chi connectivity index (χ4v) is 2.67. The molecule has 0 aliphatic rings. The van der Waals surface area contributed by atoms with Crippen molar-refractivity contribution >= 4 is 29.1 Å². The number of anilines is 3. The number of halogens is 3. The summed E-state index contributed by atoms with van der Waals surface area (Å²) >= 11 is 0. The standard InChI is InChI=1S/C20H21F3N6O3/c1-19(2,3)14-9-15(28-32-14)26-18(31)25-12-7-5-11(6-8-12)24-17(30)13-10-29(4)27-16(13)20(21,22)23/h5-10H,1-4H3,(H,24,30)(H2,25,26,28,31). The van der Waals surface area contributed by atoms with Crippen LogP contribution in [-0.2, 0) is 18.6 Å². The van der Waals surface area contributed by atoms with Crippen LogP contribution in [-0.4, -0.2) is 26.9 Å². The van der Waals surface area contributed by atoms with Gasteiger partial charge in [-0.05, 0) is 24.3 Å². The van der Waals surface area contributed by atoms with Crippen molar-refractivity contribution in [3.63, 3.8) is 0 Å². The molecule has 12 heteroatoms. The van der Waals surface area contributed by atoms with E-state index in [4.69, 9.17) is 4.52 Å². The predicted octanol–water partition coefficient (Wildman–Crippen LogP) is 4.62. The Bertz CT molecular complexity index is 1130. The third kappa shape index (κ3) is 5.45. The maximum atomic E-state index is 13.0. The molecule has 0 atom stereocenters. The molecule has 3 rings (SSSR count). The summed E-state index contributed by atoms with van der Waals surface area (Å²) in [7, 11) is 1.29. The van der Waals surface area contributed by atoms with Crippen molar-refractivity contribution in [2.45, 2.75) is 32.4 Å². The average Bonchev–Trinajstić information content (AvgIpc) is 3.29. The summed E-state index contributed by atoms with van der Waals surface area (Å²) < 4.78 is 45.2. The normalized spacial score (nSPS) is 11.8. The van der Waals surface area contributed by atoms with Gasteiger partial charge in [-0.3, -0.25) is 14.8 Å². The van der Waals surface area contributed by atoms with E-state index in [1.165, 1.54) is 31.3 Å². The molecule has 0 fully saturated rings. The lowest BCUT2D eigenvalue weighted by molar-refractivity contribution is -0.141. The van der Waals surface area contributed by atoms with Crippen molar-refractivity contribution in [3.05, 3.63) is 53.5 Å². The molecule has 9 nitrogen and oxygen atoms in total. The minimum absolute atomic E-state index is 0.240. The number of aromatic nitrogens is 3. The number of rotatable bonds is 4. The molecular weight excluding hydrogens is 429 g/mol. The summed E-state index contributed by atoms with van der Waals surface area (Å²) in [6, 6.07) is 6.88. The van der Waals surface area contributed by atoms with E-state index in [1.807, 2.05) is 20.8 Å². The molecular formula is C20H21F3N6O3. The number of aryl methyl sites for hydroxylation is 1. The van der Waals surface area contributed by atoms with Crippen molar-refractivity contribution in [2.24, 2.45) is 7.05 Å². The van der Waals surface area contributed by atoms with Crippen LogP contribution in [0.5, 0.6) is 0 Å². The van der Waals surface area contributed by atoms with E-state index in [9.17, 15) is 22.8 Å². The Kier molecular flexibility index (Phi) is 5.97. The Labute approximate surface area is 181 Å². The monoisotopic (exact) mass is 450 g/mol. The molecule has 3 amide bonds. The topological polar surface area (TPSA) is 114 Å². The van der Waals surface area contributed by atoms with Gasteiger partial charge in [0.15, 0.2) is 11.5 Å². The molecule has 0 bridgehead atoms. The summed E-state index contributed by atoms with van der Waals surface area (Å²) in [4.78, 5) is 24.4. The molecule has 0 saturated carbocycles. The summed E-state index contributed by atoms with van der Waals surface area (Å²) in [5, 5.41) is 14.6. The van der Waals surface area contributed by atoms with Gasteiger partial charge < -0.3 is 15.2 Å². The Morgan fingerprint density at radius 1 is 1.00 bits per heavy atom. The molecule has 3 N–H and O–H groups in total. The van der Waals surface area contributed by atoms with Crippen LogP contribution in [0.4, 0.5) is 35.2 Å². The van der Waals surface area contributed by atoms with Crippen LogP contribution in [0.25, 0.3) is 0 Å². The highest BCUT2D eigenvalue weighted by atomic mass is 19.4. The van der Waals surface area contributed by atoms with Crippen molar-refractivity contribution in [3.8, 4) is 0 Å². The average molecular weight is 450 g/mol. The van der Waals surface area contributed by atoms with Crippen LogP contribution in [0.3, 0.4) is 0 Å². The molecule has 0 aliphatic carbocycles. The summed E-state index contributed by atoms with van der Waals surface area (Å²) in [6.45, 7) is 5.82. The number of carbonyl (C=O) groups is 2. The Morgan fingerprint density at radius 2 is 1.59 bits per heavy atom. The molecule has 0 spiro atoms. The zero-order valence-electron chi connectivity index (χ0n) is 17.7. The van der Waals surface area contributed by atoms with Crippen LogP contribution in [0.2, 0.25) is 0 Å². The SMILES string of the molecule is Cn1cc(C(=O)Nc2ccc(NC(=O)Nc3cc(C(C)(C)C)on3)cc2)c(C(F)(F)F)n1.